The molecule has 1 saturated heterocycles. The Balaban J connectivity index is 2.31. The molecule has 1 atom stereocenters. The molecule has 1 aliphatic heterocycles. The van der Waals surface area contributed by atoms with Crippen molar-refractivity contribution in [1.29, 1.82) is 0 Å². The van der Waals surface area contributed by atoms with Gasteiger partial charge in [0.05, 0.1) is 24.5 Å². The second-order valence-corrected chi connectivity index (χ2v) is 3.81. The SMILES string of the molecule is CC(C(=O)O)C1(c2cc[nH]c2)COC1. The quantitative estimate of drug-likeness (QED) is 0.756. The van der Waals surface area contributed by atoms with E-state index in [2.05, 4.69) is 4.98 Å². The van der Waals surface area contributed by atoms with Crippen LogP contribution in [0.5, 0.6) is 0 Å². The molecule has 1 fully saturated rings. The van der Waals surface area contributed by atoms with Gasteiger partial charge in [-0.25, -0.2) is 0 Å². The molecule has 0 spiro atoms. The standard InChI is InChI=1S/C10H13NO3/c1-7(9(12)13)10(5-14-6-10)8-2-3-11-4-8/h2-4,7,11H,5-6H2,1H3,(H,12,13). The van der Waals surface area contributed by atoms with Crippen molar-refractivity contribution in [3.8, 4) is 0 Å². The van der Waals surface area contributed by atoms with Crippen molar-refractivity contribution in [2.45, 2.75) is 12.3 Å². The molecule has 0 aliphatic carbocycles. The summed E-state index contributed by atoms with van der Waals surface area (Å²) in [6.45, 7) is 2.73. The molecular weight excluding hydrogens is 182 g/mol. The fourth-order valence-corrected chi connectivity index (χ4v) is 1.86. The molecule has 0 saturated carbocycles. The van der Waals surface area contributed by atoms with Crippen molar-refractivity contribution in [3.05, 3.63) is 24.0 Å². The van der Waals surface area contributed by atoms with Crippen molar-refractivity contribution in [2.24, 2.45) is 5.92 Å². The zero-order chi connectivity index (χ0) is 10.2. The number of H-pyrrole nitrogens is 1. The summed E-state index contributed by atoms with van der Waals surface area (Å²) in [6, 6.07) is 1.92. The Morgan fingerprint density at radius 3 is 2.79 bits per heavy atom. The van der Waals surface area contributed by atoms with Crippen LogP contribution in [0.4, 0.5) is 0 Å². The predicted molar refractivity (Wildman–Crippen MR) is 50.1 cm³/mol. The van der Waals surface area contributed by atoms with Gasteiger partial charge < -0.3 is 14.8 Å². The van der Waals surface area contributed by atoms with Crippen molar-refractivity contribution >= 4 is 5.97 Å². The van der Waals surface area contributed by atoms with Gasteiger partial charge >= 0.3 is 5.97 Å². The maximum atomic E-state index is 11.0. The van der Waals surface area contributed by atoms with Gasteiger partial charge in [0.1, 0.15) is 0 Å². The van der Waals surface area contributed by atoms with Crippen LogP contribution in [-0.2, 0) is 14.9 Å². The van der Waals surface area contributed by atoms with E-state index in [4.69, 9.17) is 9.84 Å². The Labute approximate surface area is 81.9 Å². The molecule has 0 radical (unpaired) electrons. The first-order chi connectivity index (χ1) is 6.67. The van der Waals surface area contributed by atoms with E-state index in [1.807, 2.05) is 18.5 Å². The van der Waals surface area contributed by atoms with E-state index in [0.29, 0.717) is 13.2 Å². The highest BCUT2D eigenvalue weighted by molar-refractivity contribution is 5.72. The molecule has 14 heavy (non-hydrogen) atoms. The summed E-state index contributed by atoms with van der Waals surface area (Å²) in [5.74, 6) is -1.18. The molecule has 2 N–H and O–H groups in total. The van der Waals surface area contributed by atoms with E-state index < -0.39 is 11.9 Å². The molecule has 1 aromatic heterocycles. The van der Waals surface area contributed by atoms with Crippen molar-refractivity contribution in [3.63, 3.8) is 0 Å². The first-order valence-electron chi connectivity index (χ1n) is 4.60. The van der Waals surface area contributed by atoms with Crippen LogP contribution in [-0.4, -0.2) is 29.3 Å². The molecule has 4 heteroatoms. The summed E-state index contributed by atoms with van der Waals surface area (Å²) in [5, 5.41) is 9.02. The molecule has 2 heterocycles. The normalized spacial score (nSPS) is 21.2. The van der Waals surface area contributed by atoms with Gasteiger partial charge in [0.25, 0.3) is 0 Å². The summed E-state index contributed by atoms with van der Waals surface area (Å²) in [4.78, 5) is 13.9. The number of carboxylic acid groups (broad SMARTS) is 1. The van der Waals surface area contributed by atoms with Crippen LogP contribution < -0.4 is 0 Å². The second kappa shape index (κ2) is 3.13. The largest absolute Gasteiger partial charge is 0.481 e. The average Bonchev–Trinajstić information content (AvgIpc) is 2.55. The molecule has 0 amide bonds. The Morgan fingerprint density at radius 2 is 2.43 bits per heavy atom. The van der Waals surface area contributed by atoms with Crippen LogP contribution in [0.25, 0.3) is 0 Å². The van der Waals surface area contributed by atoms with Crippen LogP contribution >= 0.6 is 0 Å². The van der Waals surface area contributed by atoms with Gasteiger partial charge in [-0.15, -0.1) is 0 Å². The fraction of sp³-hybridized carbons (Fsp3) is 0.500. The summed E-state index contributed by atoms with van der Waals surface area (Å²) >= 11 is 0. The first kappa shape index (κ1) is 9.27. The van der Waals surface area contributed by atoms with Crippen LogP contribution in [0, 0.1) is 5.92 Å². The maximum absolute atomic E-state index is 11.0. The summed E-state index contributed by atoms with van der Waals surface area (Å²) in [7, 11) is 0. The predicted octanol–water partition coefficient (Wildman–Crippen LogP) is 1.00. The molecule has 4 nitrogen and oxygen atoms in total. The lowest BCUT2D eigenvalue weighted by atomic mass is 9.70. The number of rotatable bonds is 3. The van der Waals surface area contributed by atoms with Crippen LogP contribution in [0.2, 0.25) is 0 Å². The number of aliphatic carboxylic acids is 1. The zero-order valence-electron chi connectivity index (χ0n) is 7.99. The van der Waals surface area contributed by atoms with E-state index in [0.717, 1.165) is 5.56 Å². The molecule has 76 valence electrons. The fourth-order valence-electron chi connectivity index (χ4n) is 1.86. The number of carboxylic acids is 1. The Hall–Kier alpha value is -1.29. The van der Waals surface area contributed by atoms with Crippen molar-refractivity contribution < 1.29 is 14.6 Å². The summed E-state index contributed by atoms with van der Waals surface area (Å²) in [5.41, 5.74) is 0.699. The van der Waals surface area contributed by atoms with Crippen LogP contribution in [0.3, 0.4) is 0 Å². The van der Waals surface area contributed by atoms with E-state index in [1.54, 1.807) is 6.92 Å². The average molecular weight is 195 g/mol. The molecule has 1 unspecified atom stereocenters. The maximum Gasteiger partial charge on any atom is 0.307 e. The Bertz CT molecular complexity index is 327. The number of aromatic amines is 1. The third-order valence-corrected chi connectivity index (χ3v) is 3.09. The molecule has 0 aromatic carbocycles. The molecule has 2 rings (SSSR count). The number of aromatic nitrogens is 1. The number of nitrogens with one attached hydrogen (secondary N) is 1. The topological polar surface area (TPSA) is 62.3 Å². The number of hydrogen-bond acceptors (Lipinski definition) is 2. The lowest BCUT2D eigenvalue weighted by Crippen LogP contribution is -2.53. The smallest absolute Gasteiger partial charge is 0.307 e. The second-order valence-electron chi connectivity index (χ2n) is 3.81. The first-order valence-corrected chi connectivity index (χ1v) is 4.60. The van der Waals surface area contributed by atoms with Crippen LogP contribution in [0.15, 0.2) is 18.5 Å². The molecular formula is C10H13NO3. The van der Waals surface area contributed by atoms with Gasteiger partial charge in [0.2, 0.25) is 0 Å². The van der Waals surface area contributed by atoms with Gasteiger partial charge in [0, 0.05) is 12.4 Å². The lowest BCUT2D eigenvalue weighted by molar-refractivity contribution is -0.155. The molecule has 1 aliphatic rings. The third-order valence-electron chi connectivity index (χ3n) is 3.09. The van der Waals surface area contributed by atoms with Gasteiger partial charge in [-0.3, -0.25) is 4.79 Å². The monoisotopic (exact) mass is 195 g/mol. The lowest BCUT2D eigenvalue weighted by Gasteiger charge is -2.44. The van der Waals surface area contributed by atoms with Crippen molar-refractivity contribution in [2.75, 3.05) is 13.2 Å². The number of carbonyl (C=O) groups is 1. The van der Waals surface area contributed by atoms with Gasteiger partial charge in [-0.05, 0) is 11.6 Å². The molecule has 1 aromatic rings. The van der Waals surface area contributed by atoms with Gasteiger partial charge in [-0.1, -0.05) is 6.92 Å². The van der Waals surface area contributed by atoms with E-state index in [1.165, 1.54) is 0 Å². The summed E-state index contributed by atoms with van der Waals surface area (Å²) in [6.07, 6.45) is 3.66. The number of ether oxygens (including phenoxy) is 1. The highest BCUT2D eigenvalue weighted by Crippen LogP contribution is 2.39. The van der Waals surface area contributed by atoms with E-state index >= 15 is 0 Å². The molecule has 0 bridgehead atoms. The Morgan fingerprint density at radius 1 is 1.71 bits per heavy atom. The third kappa shape index (κ3) is 1.14. The zero-order valence-corrected chi connectivity index (χ0v) is 7.99. The minimum Gasteiger partial charge on any atom is -0.481 e. The summed E-state index contributed by atoms with van der Waals surface area (Å²) < 4.78 is 5.16. The van der Waals surface area contributed by atoms with Crippen LogP contribution in [0.1, 0.15) is 12.5 Å². The van der Waals surface area contributed by atoms with Crippen molar-refractivity contribution in [1.82, 2.24) is 4.98 Å². The van der Waals surface area contributed by atoms with Gasteiger partial charge in [0.15, 0.2) is 0 Å². The highest BCUT2D eigenvalue weighted by atomic mass is 16.5. The minimum absolute atomic E-state index is 0.328. The minimum atomic E-state index is -0.769. The van der Waals surface area contributed by atoms with Gasteiger partial charge in [-0.2, -0.15) is 0 Å². The van der Waals surface area contributed by atoms with E-state index in [-0.39, 0.29) is 5.41 Å². The van der Waals surface area contributed by atoms with E-state index in [9.17, 15) is 4.79 Å². The number of hydrogen-bond donors (Lipinski definition) is 2. The highest BCUT2D eigenvalue weighted by Gasteiger charge is 2.48. The Kier molecular flexibility index (Phi) is 2.07.